The number of thiazole rings is 1. The maximum absolute atomic E-state index is 12.0. The smallest absolute Gasteiger partial charge is 0.241 e. The quantitative estimate of drug-likeness (QED) is 0.845. The highest BCUT2D eigenvalue weighted by Crippen LogP contribution is 2.29. The number of aromatic nitrogens is 1. The molecule has 21 heavy (non-hydrogen) atoms. The second-order valence-corrected chi connectivity index (χ2v) is 8.21. The van der Waals surface area contributed by atoms with Gasteiger partial charge >= 0.3 is 0 Å². The zero-order valence-electron chi connectivity index (χ0n) is 12.7. The van der Waals surface area contributed by atoms with E-state index >= 15 is 0 Å². The van der Waals surface area contributed by atoms with Crippen molar-refractivity contribution in [2.24, 2.45) is 0 Å². The zero-order chi connectivity index (χ0) is 15.6. The molecule has 0 bridgehead atoms. The molecular weight excluding hydrogens is 304 g/mol. The van der Waals surface area contributed by atoms with Gasteiger partial charge in [0.1, 0.15) is 5.01 Å². The van der Waals surface area contributed by atoms with Gasteiger partial charge in [0.2, 0.25) is 10.0 Å². The Morgan fingerprint density at radius 3 is 2.38 bits per heavy atom. The van der Waals surface area contributed by atoms with Gasteiger partial charge in [-0.25, -0.2) is 17.7 Å². The van der Waals surface area contributed by atoms with E-state index in [0.717, 1.165) is 22.7 Å². The van der Waals surface area contributed by atoms with Crippen molar-refractivity contribution in [1.29, 1.82) is 0 Å². The summed E-state index contributed by atoms with van der Waals surface area (Å²) in [5, 5.41) is 3.01. The summed E-state index contributed by atoms with van der Waals surface area (Å²) in [5.74, 6) is 0.448. The molecule has 1 unspecified atom stereocenters. The standard InChI is InChI=1S/C15H20N2O2S2/c1-5-11(2)14-10-20-15(16-14)12-6-8-13(9-7-12)21(18,19)17(3)4/h6-11H,5H2,1-4H3. The Bertz CT molecular complexity index is 704. The van der Waals surface area contributed by atoms with E-state index in [1.165, 1.54) is 18.4 Å². The monoisotopic (exact) mass is 324 g/mol. The third-order valence-electron chi connectivity index (χ3n) is 3.52. The molecule has 6 heteroatoms. The summed E-state index contributed by atoms with van der Waals surface area (Å²) in [6.07, 6.45) is 1.06. The van der Waals surface area contributed by atoms with E-state index < -0.39 is 10.0 Å². The summed E-state index contributed by atoms with van der Waals surface area (Å²) in [4.78, 5) is 4.94. The predicted molar refractivity (Wildman–Crippen MR) is 87.1 cm³/mol. The van der Waals surface area contributed by atoms with Gasteiger partial charge in [-0.1, -0.05) is 26.0 Å². The summed E-state index contributed by atoms with van der Waals surface area (Å²) in [6, 6.07) is 6.90. The highest BCUT2D eigenvalue weighted by atomic mass is 32.2. The van der Waals surface area contributed by atoms with Crippen LogP contribution in [-0.4, -0.2) is 31.8 Å². The molecule has 0 saturated carbocycles. The lowest BCUT2D eigenvalue weighted by Gasteiger charge is -2.11. The Hall–Kier alpha value is -1.24. The highest BCUT2D eigenvalue weighted by molar-refractivity contribution is 7.89. The molecule has 0 amide bonds. The van der Waals surface area contributed by atoms with E-state index in [-0.39, 0.29) is 0 Å². The summed E-state index contributed by atoms with van der Waals surface area (Å²) in [6.45, 7) is 4.30. The third kappa shape index (κ3) is 3.33. The molecule has 1 heterocycles. The maximum Gasteiger partial charge on any atom is 0.242 e. The molecule has 0 aliphatic carbocycles. The van der Waals surface area contributed by atoms with Crippen LogP contribution in [0.1, 0.15) is 31.9 Å². The fourth-order valence-corrected chi connectivity index (χ4v) is 3.68. The molecule has 0 aliphatic heterocycles. The minimum absolute atomic E-state index is 0.301. The molecule has 0 N–H and O–H groups in total. The molecule has 0 radical (unpaired) electrons. The van der Waals surface area contributed by atoms with E-state index in [0.29, 0.717) is 10.8 Å². The van der Waals surface area contributed by atoms with Crippen LogP contribution in [0.5, 0.6) is 0 Å². The number of hydrogen-bond acceptors (Lipinski definition) is 4. The molecule has 0 spiro atoms. The van der Waals surface area contributed by atoms with Gasteiger partial charge in [0.25, 0.3) is 0 Å². The van der Waals surface area contributed by atoms with Crippen molar-refractivity contribution in [2.45, 2.75) is 31.1 Å². The largest absolute Gasteiger partial charge is 0.242 e. The molecule has 1 aromatic heterocycles. The first-order valence-electron chi connectivity index (χ1n) is 6.84. The van der Waals surface area contributed by atoms with Crippen LogP contribution < -0.4 is 0 Å². The fourth-order valence-electron chi connectivity index (χ4n) is 1.83. The lowest BCUT2D eigenvalue weighted by atomic mass is 10.1. The predicted octanol–water partition coefficient (Wildman–Crippen LogP) is 3.57. The third-order valence-corrected chi connectivity index (χ3v) is 6.26. The Balaban J connectivity index is 2.29. The van der Waals surface area contributed by atoms with Crippen LogP contribution in [0.4, 0.5) is 0 Å². The van der Waals surface area contributed by atoms with Crippen LogP contribution in [0.25, 0.3) is 10.6 Å². The summed E-state index contributed by atoms with van der Waals surface area (Å²) < 4.78 is 25.3. The van der Waals surface area contributed by atoms with Gasteiger partial charge in [0.15, 0.2) is 0 Å². The Morgan fingerprint density at radius 2 is 1.86 bits per heavy atom. The Morgan fingerprint density at radius 1 is 1.24 bits per heavy atom. The van der Waals surface area contributed by atoms with E-state index in [2.05, 4.69) is 24.2 Å². The normalized spacial score (nSPS) is 13.6. The van der Waals surface area contributed by atoms with Crippen molar-refractivity contribution in [2.75, 3.05) is 14.1 Å². The molecule has 1 atom stereocenters. The first-order valence-corrected chi connectivity index (χ1v) is 9.16. The Labute approximate surface area is 130 Å². The minimum Gasteiger partial charge on any atom is -0.241 e. The molecule has 0 saturated heterocycles. The van der Waals surface area contributed by atoms with Crippen molar-refractivity contribution < 1.29 is 8.42 Å². The second kappa shape index (κ2) is 6.25. The molecule has 114 valence electrons. The molecule has 0 fully saturated rings. The van der Waals surface area contributed by atoms with Crippen LogP contribution in [0.3, 0.4) is 0 Å². The lowest BCUT2D eigenvalue weighted by Crippen LogP contribution is -2.22. The van der Waals surface area contributed by atoms with Crippen molar-refractivity contribution in [3.63, 3.8) is 0 Å². The van der Waals surface area contributed by atoms with Gasteiger partial charge < -0.3 is 0 Å². The molecular formula is C15H20N2O2S2. The lowest BCUT2D eigenvalue weighted by molar-refractivity contribution is 0.521. The molecule has 2 rings (SSSR count). The van der Waals surface area contributed by atoms with Crippen LogP contribution in [0.15, 0.2) is 34.5 Å². The van der Waals surface area contributed by atoms with Crippen LogP contribution in [0.2, 0.25) is 0 Å². The maximum atomic E-state index is 12.0. The number of hydrogen-bond donors (Lipinski definition) is 0. The average Bonchev–Trinajstić information content (AvgIpc) is 2.96. The average molecular weight is 324 g/mol. The fraction of sp³-hybridized carbons (Fsp3) is 0.400. The van der Waals surface area contributed by atoms with Crippen molar-refractivity contribution in [3.05, 3.63) is 35.3 Å². The first-order chi connectivity index (χ1) is 9.86. The van der Waals surface area contributed by atoms with E-state index in [1.807, 2.05) is 12.1 Å². The summed E-state index contributed by atoms with van der Waals surface area (Å²) in [7, 11) is -0.311. The van der Waals surface area contributed by atoms with Gasteiger partial charge in [0.05, 0.1) is 10.6 Å². The van der Waals surface area contributed by atoms with Gasteiger partial charge in [0, 0.05) is 25.0 Å². The van der Waals surface area contributed by atoms with Crippen LogP contribution in [-0.2, 0) is 10.0 Å². The minimum atomic E-state index is -3.37. The number of rotatable bonds is 5. The zero-order valence-corrected chi connectivity index (χ0v) is 14.3. The molecule has 0 aliphatic rings. The second-order valence-electron chi connectivity index (χ2n) is 5.20. The SMILES string of the molecule is CCC(C)c1csc(-c2ccc(S(=O)(=O)N(C)C)cc2)n1. The van der Waals surface area contributed by atoms with Gasteiger partial charge in [-0.15, -0.1) is 11.3 Å². The number of nitrogens with zero attached hydrogens (tertiary/aromatic N) is 2. The first kappa shape index (κ1) is 16.1. The highest BCUT2D eigenvalue weighted by Gasteiger charge is 2.17. The van der Waals surface area contributed by atoms with Gasteiger partial charge in [-0.05, 0) is 24.5 Å². The van der Waals surface area contributed by atoms with E-state index in [1.54, 1.807) is 23.5 Å². The topological polar surface area (TPSA) is 50.3 Å². The molecule has 1 aromatic carbocycles. The van der Waals surface area contributed by atoms with Gasteiger partial charge in [-0.3, -0.25) is 0 Å². The van der Waals surface area contributed by atoms with E-state index in [4.69, 9.17) is 0 Å². The molecule has 4 nitrogen and oxygen atoms in total. The Kier molecular flexibility index (Phi) is 4.81. The number of sulfonamides is 1. The van der Waals surface area contributed by atoms with Crippen molar-refractivity contribution in [1.82, 2.24) is 9.29 Å². The summed E-state index contributed by atoms with van der Waals surface area (Å²) in [5.41, 5.74) is 2.05. The van der Waals surface area contributed by atoms with E-state index in [9.17, 15) is 8.42 Å². The van der Waals surface area contributed by atoms with Gasteiger partial charge in [-0.2, -0.15) is 0 Å². The van der Waals surface area contributed by atoms with Crippen LogP contribution >= 0.6 is 11.3 Å². The van der Waals surface area contributed by atoms with Crippen molar-refractivity contribution in [3.8, 4) is 10.6 Å². The summed E-state index contributed by atoms with van der Waals surface area (Å²) >= 11 is 1.60. The number of benzene rings is 1. The van der Waals surface area contributed by atoms with Crippen molar-refractivity contribution >= 4 is 21.4 Å². The van der Waals surface area contributed by atoms with Crippen LogP contribution in [0, 0.1) is 0 Å². The molecule has 2 aromatic rings.